The minimum Gasteiger partial charge on any atom is -0.445 e. The Hall–Kier alpha value is -3.08. The molecule has 0 saturated heterocycles. The Morgan fingerprint density at radius 3 is 2.73 bits per heavy atom. The number of H-pyrrole nitrogens is 1. The number of aromatic nitrogens is 1. The van der Waals surface area contributed by atoms with E-state index in [1.165, 1.54) is 5.56 Å². The van der Waals surface area contributed by atoms with Gasteiger partial charge in [0.1, 0.15) is 12.9 Å². The normalized spacial score (nSPS) is 16.3. The first-order valence-corrected chi connectivity index (χ1v) is 8.78. The van der Waals surface area contributed by atoms with Gasteiger partial charge < -0.3 is 14.5 Å². The first kappa shape index (κ1) is 16.4. The zero-order chi connectivity index (χ0) is 17.9. The fraction of sp³-hybridized carbons (Fsp3) is 0.238. The lowest BCUT2D eigenvalue weighted by molar-refractivity contribution is -0.108. The molecule has 1 aliphatic heterocycles. The molecule has 0 unspecified atom stereocenters. The molecule has 1 aromatic heterocycles. The van der Waals surface area contributed by atoms with Crippen LogP contribution in [0.5, 0.6) is 0 Å². The van der Waals surface area contributed by atoms with E-state index < -0.39 is 0 Å². The second-order valence-corrected chi connectivity index (χ2v) is 6.46. The molecule has 2 heterocycles. The summed E-state index contributed by atoms with van der Waals surface area (Å²) in [5, 5.41) is 1.16. The number of benzene rings is 2. The fourth-order valence-electron chi connectivity index (χ4n) is 3.68. The van der Waals surface area contributed by atoms with Crippen LogP contribution in [0.2, 0.25) is 0 Å². The van der Waals surface area contributed by atoms with Crippen molar-refractivity contribution in [3.8, 4) is 0 Å². The van der Waals surface area contributed by atoms with E-state index in [9.17, 15) is 9.59 Å². The average molecular weight is 348 g/mol. The van der Waals surface area contributed by atoms with Gasteiger partial charge in [-0.1, -0.05) is 48.5 Å². The molecule has 1 N–H and O–H groups in total. The lowest BCUT2D eigenvalue weighted by atomic mass is 9.96. The number of hydrogen-bond donors (Lipinski definition) is 1. The highest BCUT2D eigenvalue weighted by molar-refractivity contribution is 5.86. The molecule has 0 radical (unpaired) electrons. The van der Waals surface area contributed by atoms with E-state index in [0.717, 1.165) is 34.9 Å². The number of para-hydroxylation sites is 1. The molecule has 1 amide bonds. The quantitative estimate of drug-likeness (QED) is 0.725. The van der Waals surface area contributed by atoms with Gasteiger partial charge in [-0.15, -0.1) is 0 Å². The Balaban J connectivity index is 1.58. The molecule has 4 rings (SSSR count). The van der Waals surface area contributed by atoms with Gasteiger partial charge in [-0.3, -0.25) is 4.90 Å². The molecule has 5 nitrogen and oxygen atoms in total. The Labute approximate surface area is 151 Å². The fourth-order valence-corrected chi connectivity index (χ4v) is 3.68. The summed E-state index contributed by atoms with van der Waals surface area (Å²) in [5.74, 6) is 0. The summed E-state index contributed by atoms with van der Waals surface area (Å²) in [6.45, 7) is 0.768. The number of nitrogens with zero attached hydrogens (tertiary/aromatic N) is 1. The SMILES string of the molecule is O=CC[C@@H]1c2[nH]c3ccccc3c2CCN1C(=O)OCc1ccccc1. The van der Waals surface area contributed by atoms with Gasteiger partial charge in [0.05, 0.1) is 6.04 Å². The van der Waals surface area contributed by atoms with Gasteiger partial charge in [-0.2, -0.15) is 0 Å². The summed E-state index contributed by atoms with van der Waals surface area (Å²) in [6, 6.07) is 17.3. The third kappa shape index (κ3) is 2.96. The number of nitrogens with one attached hydrogen (secondary N) is 1. The first-order valence-electron chi connectivity index (χ1n) is 8.78. The van der Waals surface area contributed by atoms with Gasteiger partial charge in [0, 0.05) is 29.6 Å². The monoisotopic (exact) mass is 348 g/mol. The summed E-state index contributed by atoms with van der Waals surface area (Å²) >= 11 is 0. The van der Waals surface area contributed by atoms with Crippen molar-refractivity contribution < 1.29 is 14.3 Å². The van der Waals surface area contributed by atoms with E-state index in [1.807, 2.05) is 48.5 Å². The molecule has 3 aromatic rings. The van der Waals surface area contributed by atoms with Crippen LogP contribution in [0.15, 0.2) is 54.6 Å². The van der Waals surface area contributed by atoms with Crippen molar-refractivity contribution in [2.45, 2.75) is 25.5 Å². The highest BCUT2D eigenvalue weighted by Crippen LogP contribution is 2.36. The van der Waals surface area contributed by atoms with E-state index in [4.69, 9.17) is 4.74 Å². The van der Waals surface area contributed by atoms with Crippen molar-refractivity contribution >= 4 is 23.3 Å². The van der Waals surface area contributed by atoms with Crippen LogP contribution in [-0.4, -0.2) is 28.8 Å². The molecule has 0 spiro atoms. The number of aldehydes is 1. The van der Waals surface area contributed by atoms with E-state index in [1.54, 1.807) is 4.90 Å². The molecule has 2 aromatic carbocycles. The zero-order valence-corrected chi connectivity index (χ0v) is 14.4. The Bertz CT molecular complexity index is 933. The van der Waals surface area contributed by atoms with Gasteiger partial charge in [0.15, 0.2) is 0 Å². The highest BCUT2D eigenvalue weighted by atomic mass is 16.6. The van der Waals surface area contributed by atoms with Crippen LogP contribution < -0.4 is 0 Å². The average Bonchev–Trinajstić information content (AvgIpc) is 3.06. The maximum Gasteiger partial charge on any atom is 0.410 e. The van der Waals surface area contributed by atoms with Crippen molar-refractivity contribution in [2.75, 3.05) is 6.54 Å². The number of hydrogen-bond acceptors (Lipinski definition) is 3. The first-order chi connectivity index (χ1) is 12.8. The van der Waals surface area contributed by atoms with Crippen LogP contribution in [0.4, 0.5) is 4.79 Å². The van der Waals surface area contributed by atoms with Crippen molar-refractivity contribution in [3.63, 3.8) is 0 Å². The van der Waals surface area contributed by atoms with Crippen LogP contribution in [-0.2, 0) is 22.6 Å². The molecule has 0 aliphatic carbocycles. The molecule has 0 bridgehead atoms. The zero-order valence-electron chi connectivity index (χ0n) is 14.4. The van der Waals surface area contributed by atoms with Crippen molar-refractivity contribution in [1.82, 2.24) is 9.88 Å². The van der Waals surface area contributed by atoms with Crippen molar-refractivity contribution in [3.05, 3.63) is 71.4 Å². The number of fused-ring (bicyclic) bond motifs is 3. The Morgan fingerprint density at radius 2 is 1.92 bits per heavy atom. The van der Waals surface area contributed by atoms with Gasteiger partial charge in [0.2, 0.25) is 0 Å². The second kappa shape index (κ2) is 7.04. The third-order valence-corrected chi connectivity index (χ3v) is 4.92. The van der Waals surface area contributed by atoms with Crippen LogP contribution >= 0.6 is 0 Å². The number of rotatable bonds is 4. The predicted octanol–water partition coefficient (Wildman–Crippen LogP) is 3.99. The van der Waals surface area contributed by atoms with Crippen molar-refractivity contribution in [1.29, 1.82) is 0 Å². The standard InChI is InChI=1S/C21H20N2O3/c24-13-11-19-20-17(16-8-4-5-9-18(16)22-20)10-12-23(19)21(25)26-14-15-6-2-1-3-7-15/h1-9,13,19,22H,10-12,14H2/t19-/m1/s1. The minimum absolute atomic E-state index is 0.226. The highest BCUT2D eigenvalue weighted by Gasteiger charge is 2.33. The van der Waals surface area contributed by atoms with E-state index in [0.29, 0.717) is 6.54 Å². The molecule has 1 atom stereocenters. The van der Waals surface area contributed by atoms with Crippen LogP contribution in [0.3, 0.4) is 0 Å². The summed E-state index contributed by atoms with van der Waals surface area (Å²) in [5.41, 5.74) is 4.12. The van der Waals surface area contributed by atoms with Crippen LogP contribution in [0.1, 0.15) is 29.3 Å². The lowest BCUT2D eigenvalue weighted by Gasteiger charge is -2.34. The largest absolute Gasteiger partial charge is 0.445 e. The van der Waals surface area contributed by atoms with Crippen molar-refractivity contribution in [2.24, 2.45) is 0 Å². The molecule has 26 heavy (non-hydrogen) atoms. The molecular formula is C21H20N2O3. The smallest absolute Gasteiger partial charge is 0.410 e. The molecule has 0 saturated carbocycles. The second-order valence-electron chi connectivity index (χ2n) is 6.46. The van der Waals surface area contributed by atoms with Gasteiger partial charge in [-0.25, -0.2) is 4.79 Å². The Kier molecular flexibility index (Phi) is 4.44. The van der Waals surface area contributed by atoms with Gasteiger partial charge in [0.25, 0.3) is 0 Å². The third-order valence-electron chi connectivity index (χ3n) is 4.92. The topological polar surface area (TPSA) is 62.4 Å². The Morgan fingerprint density at radius 1 is 1.15 bits per heavy atom. The summed E-state index contributed by atoms with van der Waals surface area (Å²) in [7, 11) is 0. The molecule has 5 heteroatoms. The predicted molar refractivity (Wildman–Crippen MR) is 98.8 cm³/mol. The van der Waals surface area contributed by atoms with Crippen LogP contribution in [0, 0.1) is 0 Å². The van der Waals surface area contributed by atoms with Crippen LogP contribution in [0.25, 0.3) is 10.9 Å². The van der Waals surface area contributed by atoms with E-state index in [2.05, 4.69) is 11.1 Å². The van der Waals surface area contributed by atoms with E-state index in [-0.39, 0.29) is 25.2 Å². The number of carbonyl (C=O) groups is 2. The molecular weight excluding hydrogens is 328 g/mol. The summed E-state index contributed by atoms with van der Waals surface area (Å²) < 4.78 is 5.49. The minimum atomic E-state index is -0.384. The maximum atomic E-state index is 12.7. The summed E-state index contributed by atoms with van der Waals surface area (Å²) in [4.78, 5) is 29.0. The van der Waals surface area contributed by atoms with E-state index >= 15 is 0 Å². The number of carbonyl (C=O) groups excluding carboxylic acids is 2. The summed E-state index contributed by atoms with van der Waals surface area (Å²) in [6.07, 6.45) is 1.48. The lowest BCUT2D eigenvalue weighted by Crippen LogP contribution is -2.40. The number of amides is 1. The van der Waals surface area contributed by atoms with Gasteiger partial charge >= 0.3 is 6.09 Å². The number of ether oxygens (including phenoxy) is 1. The molecule has 132 valence electrons. The molecule has 1 aliphatic rings. The number of aromatic amines is 1. The maximum absolute atomic E-state index is 12.7. The molecule has 0 fully saturated rings. The van der Waals surface area contributed by atoms with Gasteiger partial charge in [-0.05, 0) is 23.6 Å².